The first-order valence-corrected chi connectivity index (χ1v) is 12.3. The summed E-state index contributed by atoms with van der Waals surface area (Å²) >= 11 is 0. The summed E-state index contributed by atoms with van der Waals surface area (Å²) in [5.74, 6) is 0.176. The molecule has 0 aliphatic heterocycles. The van der Waals surface area contributed by atoms with Gasteiger partial charge in [0, 0.05) is 0 Å². The lowest BCUT2D eigenvalue weighted by molar-refractivity contribution is -0.160. The van der Waals surface area contributed by atoms with Crippen LogP contribution in [0.1, 0.15) is 58.1 Å². The molecule has 2 bridgehead atoms. The predicted molar refractivity (Wildman–Crippen MR) is 130 cm³/mol. The van der Waals surface area contributed by atoms with E-state index in [1.807, 2.05) is 20.8 Å². The molecule has 4 heteroatoms. The third-order valence-corrected chi connectivity index (χ3v) is 7.91. The third-order valence-electron chi connectivity index (χ3n) is 7.91. The van der Waals surface area contributed by atoms with Crippen LogP contribution in [0.15, 0.2) is 54.6 Å². The molecule has 3 aromatic rings. The highest BCUT2D eigenvalue weighted by Gasteiger charge is 2.51. The zero-order valence-corrected chi connectivity index (χ0v) is 19.6. The molecule has 4 nitrogen and oxygen atoms in total. The summed E-state index contributed by atoms with van der Waals surface area (Å²) in [6, 6.07) is 19.0. The van der Waals surface area contributed by atoms with E-state index in [0.29, 0.717) is 0 Å². The zero-order chi connectivity index (χ0) is 23.1. The summed E-state index contributed by atoms with van der Waals surface area (Å²) in [5.41, 5.74) is 1.01. The number of hydrogen-bond acceptors (Lipinski definition) is 4. The second-order valence-electron chi connectivity index (χ2n) is 9.96. The van der Waals surface area contributed by atoms with E-state index in [9.17, 15) is 9.59 Å². The highest BCUT2D eigenvalue weighted by Crippen LogP contribution is 2.50. The molecule has 2 saturated carbocycles. The van der Waals surface area contributed by atoms with E-state index in [0.717, 1.165) is 36.6 Å². The fourth-order valence-electron chi connectivity index (χ4n) is 5.70. The average molecular weight is 445 g/mol. The smallest absolute Gasteiger partial charge is 0.309 e. The lowest BCUT2D eigenvalue weighted by Crippen LogP contribution is -2.32. The van der Waals surface area contributed by atoms with Gasteiger partial charge in [-0.15, -0.1) is 0 Å². The number of ether oxygens (including phenoxy) is 2. The predicted octanol–water partition coefficient (Wildman–Crippen LogP) is 6.60. The van der Waals surface area contributed by atoms with Crippen molar-refractivity contribution in [2.75, 3.05) is 0 Å². The van der Waals surface area contributed by atoms with Crippen LogP contribution in [0.25, 0.3) is 21.5 Å². The van der Waals surface area contributed by atoms with E-state index in [1.165, 1.54) is 16.2 Å². The van der Waals surface area contributed by atoms with Crippen molar-refractivity contribution in [1.29, 1.82) is 0 Å². The van der Waals surface area contributed by atoms with Gasteiger partial charge in [-0.2, -0.15) is 0 Å². The van der Waals surface area contributed by atoms with Crippen LogP contribution in [0.5, 0.6) is 0 Å². The van der Waals surface area contributed by atoms with Gasteiger partial charge in [-0.3, -0.25) is 9.59 Å². The number of carbonyl (C=O) groups is 2. The molecule has 6 unspecified atom stereocenters. The molecule has 2 aliphatic rings. The van der Waals surface area contributed by atoms with Gasteiger partial charge in [0.25, 0.3) is 0 Å². The number of rotatable bonds is 6. The molecule has 0 saturated heterocycles. The van der Waals surface area contributed by atoms with Gasteiger partial charge in [0.15, 0.2) is 0 Å². The molecule has 0 radical (unpaired) electrons. The largest absolute Gasteiger partial charge is 0.462 e. The first-order chi connectivity index (χ1) is 15.9. The van der Waals surface area contributed by atoms with Crippen molar-refractivity contribution in [2.45, 2.75) is 58.7 Å². The van der Waals surface area contributed by atoms with Gasteiger partial charge in [-0.05, 0) is 77.6 Å². The van der Waals surface area contributed by atoms with Crippen LogP contribution >= 0.6 is 0 Å². The Morgan fingerprint density at radius 1 is 0.909 bits per heavy atom. The van der Waals surface area contributed by atoms with Crippen molar-refractivity contribution < 1.29 is 19.1 Å². The Balaban J connectivity index is 1.23. The minimum atomic E-state index is -0.300. The van der Waals surface area contributed by atoms with Gasteiger partial charge < -0.3 is 9.47 Å². The average Bonchev–Trinajstić information content (AvgIpc) is 3.43. The van der Waals surface area contributed by atoms with Crippen molar-refractivity contribution in [3.8, 4) is 0 Å². The maximum absolute atomic E-state index is 13.0. The Morgan fingerprint density at radius 3 is 2.42 bits per heavy atom. The second kappa shape index (κ2) is 8.81. The molecule has 33 heavy (non-hydrogen) atoms. The van der Waals surface area contributed by atoms with E-state index in [2.05, 4.69) is 54.6 Å². The van der Waals surface area contributed by atoms with Gasteiger partial charge in [0.05, 0.1) is 11.8 Å². The van der Waals surface area contributed by atoms with Crippen molar-refractivity contribution in [2.24, 2.45) is 23.7 Å². The molecule has 0 amide bonds. The Kier molecular flexibility index (Phi) is 5.86. The van der Waals surface area contributed by atoms with Crippen molar-refractivity contribution >= 4 is 33.5 Å². The highest BCUT2D eigenvalue weighted by molar-refractivity contribution is 6.07. The molecule has 0 spiro atoms. The minimum absolute atomic E-state index is 0.0340. The number of benzene rings is 3. The van der Waals surface area contributed by atoms with Gasteiger partial charge in [0.2, 0.25) is 0 Å². The summed E-state index contributed by atoms with van der Waals surface area (Å²) in [5, 5.41) is 4.82. The molecule has 3 aromatic carbocycles. The van der Waals surface area contributed by atoms with E-state index in [-0.39, 0.29) is 47.8 Å². The maximum atomic E-state index is 13.0. The lowest BCUT2D eigenvalue weighted by atomic mass is 9.87. The quantitative estimate of drug-likeness (QED) is 0.317. The van der Waals surface area contributed by atoms with Crippen LogP contribution in [0.2, 0.25) is 0 Å². The van der Waals surface area contributed by atoms with Gasteiger partial charge in [-0.25, -0.2) is 0 Å². The standard InChI is InChI=1S/C29H32O4/c1-4-17(2)28(30)33-27-16-22-14-23(27)15-26(22)29(31)32-18(3)20-11-12-25-21(13-20)10-9-19-7-5-6-8-24(19)25/h5-13,17-18,22-23,26-27H,4,14-16H2,1-3H3. The van der Waals surface area contributed by atoms with Gasteiger partial charge in [-0.1, -0.05) is 62.4 Å². The number of esters is 2. The Morgan fingerprint density at radius 2 is 1.67 bits per heavy atom. The lowest BCUT2D eigenvalue weighted by Gasteiger charge is -2.28. The zero-order valence-electron chi connectivity index (χ0n) is 19.6. The summed E-state index contributed by atoms with van der Waals surface area (Å²) in [4.78, 5) is 25.2. The Bertz CT molecular complexity index is 1200. The monoisotopic (exact) mass is 444 g/mol. The molecule has 0 aromatic heterocycles. The van der Waals surface area contributed by atoms with Crippen LogP contribution in [0.3, 0.4) is 0 Å². The molecule has 0 heterocycles. The molecular formula is C29H32O4. The van der Waals surface area contributed by atoms with E-state index >= 15 is 0 Å². The molecule has 6 atom stereocenters. The number of fused-ring (bicyclic) bond motifs is 5. The van der Waals surface area contributed by atoms with E-state index < -0.39 is 0 Å². The number of carbonyl (C=O) groups excluding carboxylic acids is 2. The molecular weight excluding hydrogens is 412 g/mol. The summed E-state index contributed by atoms with van der Waals surface area (Å²) in [7, 11) is 0. The first-order valence-electron chi connectivity index (χ1n) is 12.3. The second-order valence-corrected chi connectivity index (χ2v) is 9.96. The molecule has 5 rings (SSSR count). The summed E-state index contributed by atoms with van der Waals surface area (Å²) < 4.78 is 11.7. The molecule has 172 valence electrons. The van der Waals surface area contributed by atoms with Crippen molar-refractivity contribution in [3.63, 3.8) is 0 Å². The normalized spacial score (nSPS) is 25.8. The van der Waals surface area contributed by atoms with E-state index in [1.54, 1.807) is 0 Å². The fourth-order valence-corrected chi connectivity index (χ4v) is 5.70. The van der Waals surface area contributed by atoms with Crippen LogP contribution in [0.4, 0.5) is 0 Å². The van der Waals surface area contributed by atoms with Crippen LogP contribution < -0.4 is 0 Å². The van der Waals surface area contributed by atoms with Crippen LogP contribution in [0, 0.1) is 23.7 Å². The maximum Gasteiger partial charge on any atom is 0.309 e. The first kappa shape index (κ1) is 21.9. The SMILES string of the molecule is CCC(C)C(=O)OC1CC2CC1CC2C(=O)OC(C)c1ccc2c(ccc3ccccc32)c1. The topological polar surface area (TPSA) is 52.6 Å². The van der Waals surface area contributed by atoms with Crippen LogP contribution in [-0.2, 0) is 19.1 Å². The van der Waals surface area contributed by atoms with E-state index in [4.69, 9.17) is 9.47 Å². The number of hydrogen-bond donors (Lipinski definition) is 0. The molecule has 2 aliphatic carbocycles. The Hall–Kier alpha value is -2.88. The minimum Gasteiger partial charge on any atom is -0.462 e. The summed E-state index contributed by atoms with van der Waals surface area (Å²) in [6.45, 7) is 5.86. The van der Waals surface area contributed by atoms with Crippen LogP contribution in [-0.4, -0.2) is 18.0 Å². The van der Waals surface area contributed by atoms with Gasteiger partial charge >= 0.3 is 11.9 Å². The summed E-state index contributed by atoms with van der Waals surface area (Å²) in [6.07, 6.45) is 2.95. The van der Waals surface area contributed by atoms with Crippen molar-refractivity contribution in [1.82, 2.24) is 0 Å². The highest BCUT2D eigenvalue weighted by atomic mass is 16.5. The fraction of sp³-hybridized carbons (Fsp3) is 0.448. The third kappa shape index (κ3) is 4.12. The Labute approximate surface area is 195 Å². The molecule has 0 N–H and O–H groups in total. The van der Waals surface area contributed by atoms with Gasteiger partial charge in [0.1, 0.15) is 12.2 Å². The molecule has 2 fully saturated rings. The van der Waals surface area contributed by atoms with Crippen molar-refractivity contribution in [3.05, 3.63) is 60.2 Å².